The lowest BCUT2D eigenvalue weighted by Crippen LogP contribution is -2.38. The summed E-state index contributed by atoms with van der Waals surface area (Å²) in [7, 11) is -3.92. The average Bonchev–Trinajstić information content (AvgIpc) is 2.81. The molecule has 0 spiro atoms. The molecule has 0 saturated heterocycles. The van der Waals surface area contributed by atoms with Gasteiger partial charge >= 0.3 is 13.7 Å². The molecule has 0 fully saturated rings. The number of nitrogens with one attached hydrogen (secondary N) is 1. The van der Waals surface area contributed by atoms with E-state index >= 15 is 0 Å². The molecule has 0 radical (unpaired) electrons. The molecule has 0 heterocycles. The Bertz CT molecular complexity index is 1050. The number of carbonyl (C=O) groups excluding carboxylic acids is 1. The van der Waals surface area contributed by atoms with E-state index in [4.69, 9.17) is 13.8 Å². The van der Waals surface area contributed by atoms with Crippen LogP contribution in [0.25, 0.3) is 0 Å². The van der Waals surface area contributed by atoms with Gasteiger partial charge in [-0.05, 0) is 56.0 Å². The van der Waals surface area contributed by atoms with Crippen LogP contribution in [-0.2, 0) is 15.9 Å². The minimum atomic E-state index is -3.92. The molecule has 7 heteroatoms. The first kappa shape index (κ1) is 25.4. The maximum atomic E-state index is 14.3. The number of hydrogen-bond acceptors (Lipinski definition) is 5. The Balaban J connectivity index is 1.85. The van der Waals surface area contributed by atoms with Crippen molar-refractivity contribution in [2.75, 3.05) is 0 Å². The van der Waals surface area contributed by atoms with Gasteiger partial charge in [-0.25, -0.2) is 9.36 Å². The van der Waals surface area contributed by atoms with E-state index in [1.54, 1.807) is 24.3 Å². The summed E-state index contributed by atoms with van der Waals surface area (Å²) in [4.78, 5) is 12.7. The zero-order valence-corrected chi connectivity index (χ0v) is 21.0. The number of aryl methyl sites for hydroxylation is 2. The normalized spacial score (nSPS) is 12.1. The molecule has 1 amide bonds. The lowest BCUT2D eigenvalue weighted by molar-refractivity contribution is 0.136. The number of rotatable bonds is 10. The van der Waals surface area contributed by atoms with Gasteiger partial charge in [-0.3, -0.25) is 0 Å². The second-order valence-corrected chi connectivity index (χ2v) is 10.8. The Morgan fingerprint density at radius 3 is 1.79 bits per heavy atom. The number of alkyl carbamates (subject to hydrolysis) is 1. The van der Waals surface area contributed by atoms with Crippen LogP contribution in [0.2, 0.25) is 0 Å². The molecule has 0 aliphatic heterocycles. The molecular formula is C27H32NO5P. The largest absolute Gasteiger partial charge is 0.453 e. The van der Waals surface area contributed by atoms with Gasteiger partial charge in [0.2, 0.25) is 0 Å². The van der Waals surface area contributed by atoms with Crippen LogP contribution >= 0.6 is 7.60 Å². The van der Waals surface area contributed by atoms with Crippen LogP contribution in [0.5, 0.6) is 11.5 Å². The molecular weight excluding hydrogens is 449 g/mol. The predicted molar refractivity (Wildman–Crippen MR) is 134 cm³/mol. The first-order chi connectivity index (χ1) is 16.2. The van der Waals surface area contributed by atoms with Gasteiger partial charge in [-0.15, -0.1) is 0 Å². The molecule has 180 valence electrons. The van der Waals surface area contributed by atoms with Gasteiger partial charge < -0.3 is 19.1 Å². The summed E-state index contributed by atoms with van der Waals surface area (Å²) in [5.74, 6) is -0.0159. The molecule has 3 aromatic rings. The van der Waals surface area contributed by atoms with Gasteiger partial charge in [-0.1, -0.05) is 79.6 Å². The van der Waals surface area contributed by atoms with Crippen molar-refractivity contribution in [2.24, 2.45) is 5.92 Å². The van der Waals surface area contributed by atoms with Crippen molar-refractivity contribution >= 4 is 13.7 Å². The van der Waals surface area contributed by atoms with E-state index in [-0.39, 0.29) is 12.5 Å². The van der Waals surface area contributed by atoms with E-state index in [0.717, 1.165) is 16.7 Å². The van der Waals surface area contributed by atoms with E-state index in [1.807, 2.05) is 82.3 Å². The van der Waals surface area contributed by atoms with Crippen molar-refractivity contribution in [2.45, 2.75) is 46.5 Å². The van der Waals surface area contributed by atoms with Crippen LogP contribution in [0, 0.1) is 19.8 Å². The molecule has 3 rings (SSSR count). The topological polar surface area (TPSA) is 73.9 Å². The van der Waals surface area contributed by atoms with Gasteiger partial charge in [0.05, 0.1) is 0 Å². The highest BCUT2D eigenvalue weighted by Gasteiger charge is 2.41. The maximum absolute atomic E-state index is 14.3. The summed E-state index contributed by atoms with van der Waals surface area (Å²) in [6, 6.07) is 23.8. The fourth-order valence-corrected chi connectivity index (χ4v) is 5.32. The molecule has 6 nitrogen and oxygen atoms in total. The zero-order valence-electron chi connectivity index (χ0n) is 20.1. The van der Waals surface area contributed by atoms with Crippen molar-refractivity contribution in [3.05, 3.63) is 95.6 Å². The lowest BCUT2D eigenvalue weighted by Gasteiger charge is -2.29. The molecule has 0 bridgehead atoms. The Labute approximate surface area is 201 Å². The summed E-state index contributed by atoms with van der Waals surface area (Å²) >= 11 is 0. The Hall–Kier alpha value is -3.24. The quantitative estimate of drug-likeness (QED) is 0.309. The third-order valence-corrected chi connectivity index (χ3v) is 7.11. The summed E-state index contributed by atoms with van der Waals surface area (Å²) < 4.78 is 31.6. The predicted octanol–water partition coefficient (Wildman–Crippen LogP) is 7.25. The van der Waals surface area contributed by atoms with E-state index in [1.165, 1.54) is 0 Å². The average molecular weight is 482 g/mol. The fraction of sp³-hybridized carbons (Fsp3) is 0.296. The second-order valence-electron chi connectivity index (χ2n) is 8.70. The van der Waals surface area contributed by atoms with Crippen molar-refractivity contribution in [1.82, 2.24) is 5.32 Å². The summed E-state index contributed by atoms with van der Waals surface area (Å²) in [6.07, 6.45) is -0.315. The zero-order chi connectivity index (χ0) is 24.6. The Morgan fingerprint density at radius 2 is 1.32 bits per heavy atom. The third-order valence-electron chi connectivity index (χ3n) is 5.08. The lowest BCUT2D eigenvalue weighted by atomic mass is 10.1. The monoisotopic (exact) mass is 481 g/mol. The van der Waals surface area contributed by atoms with Crippen LogP contribution in [0.3, 0.4) is 0 Å². The smallest absolute Gasteiger partial charge is 0.445 e. The first-order valence-corrected chi connectivity index (χ1v) is 12.9. The Morgan fingerprint density at radius 1 is 0.824 bits per heavy atom. The molecule has 34 heavy (non-hydrogen) atoms. The van der Waals surface area contributed by atoms with E-state index in [0.29, 0.717) is 17.9 Å². The highest BCUT2D eigenvalue weighted by Crippen LogP contribution is 2.53. The number of benzene rings is 3. The highest BCUT2D eigenvalue weighted by atomic mass is 31.2. The van der Waals surface area contributed by atoms with Crippen molar-refractivity contribution < 1.29 is 23.1 Å². The highest BCUT2D eigenvalue weighted by molar-refractivity contribution is 7.55. The van der Waals surface area contributed by atoms with Crippen molar-refractivity contribution in [3.63, 3.8) is 0 Å². The molecule has 3 aromatic carbocycles. The molecule has 1 unspecified atom stereocenters. The number of ether oxygens (including phenoxy) is 1. The van der Waals surface area contributed by atoms with Gasteiger partial charge in [0, 0.05) is 0 Å². The number of hydrogen-bond donors (Lipinski definition) is 1. The van der Waals surface area contributed by atoms with Gasteiger partial charge in [0.1, 0.15) is 18.1 Å². The second kappa shape index (κ2) is 11.8. The number of carbonyl (C=O) groups is 1. The third kappa shape index (κ3) is 7.67. The minimum Gasteiger partial charge on any atom is -0.445 e. The van der Waals surface area contributed by atoms with Crippen LogP contribution in [0.15, 0.2) is 78.9 Å². The summed E-state index contributed by atoms with van der Waals surface area (Å²) in [5.41, 5.74) is 2.94. The molecule has 0 aromatic heterocycles. The van der Waals surface area contributed by atoms with Gasteiger partial charge in [0.25, 0.3) is 0 Å². The standard InChI is InChI=1S/C27H32NO5P/c1-20(2)18-26(28-27(29)31-19-23-8-6-5-7-9-23)34(30,32-24-14-10-21(3)11-15-24)33-25-16-12-22(4)13-17-25/h5-17,20,26H,18-19H2,1-4H3,(H,28,29). The molecule has 1 N–H and O–H groups in total. The van der Waals surface area contributed by atoms with E-state index in [9.17, 15) is 9.36 Å². The van der Waals surface area contributed by atoms with Gasteiger partial charge in [-0.2, -0.15) is 0 Å². The first-order valence-electron chi connectivity index (χ1n) is 11.3. The van der Waals surface area contributed by atoms with Gasteiger partial charge in [0.15, 0.2) is 5.78 Å². The molecule has 0 aliphatic carbocycles. The molecule has 0 saturated carbocycles. The molecule has 0 aliphatic rings. The van der Waals surface area contributed by atoms with Crippen LogP contribution in [0.4, 0.5) is 4.79 Å². The SMILES string of the molecule is Cc1ccc(OP(=O)(Oc2ccc(C)cc2)C(CC(C)C)NC(=O)OCc2ccccc2)cc1. The van der Waals surface area contributed by atoms with Crippen LogP contribution in [-0.4, -0.2) is 11.9 Å². The van der Waals surface area contributed by atoms with Crippen molar-refractivity contribution in [1.29, 1.82) is 0 Å². The minimum absolute atomic E-state index is 0.100. The van der Waals surface area contributed by atoms with Crippen molar-refractivity contribution in [3.8, 4) is 11.5 Å². The summed E-state index contributed by atoms with van der Waals surface area (Å²) in [5, 5.41) is 2.75. The molecule has 1 atom stereocenters. The summed E-state index contributed by atoms with van der Waals surface area (Å²) in [6.45, 7) is 7.97. The van der Waals surface area contributed by atoms with E-state index < -0.39 is 19.5 Å². The van der Waals surface area contributed by atoms with Crippen LogP contribution in [0.1, 0.15) is 37.0 Å². The maximum Gasteiger partial charge on any atom is 0.453 e. The number of amides is 1. The Kier molecular flexibility index (Phi) is 8.78. The van der Waals surface area contributed by atoms with Crippen LogP contribution < -0.4 is 14.4 Å². The fourth-order valence-electron chi connectivity index (χ4n) is 3.25. The van der Waals surface area contributed by atoms with E-state index in [2.05, 4.69) is 5.32 Å².